The second-order valence-corrected chi connectivity index (χ2v) is 6.21. The lowest BCUT2D eigenvalue weighted by molar-refractivity contribution is -0.123. The summed E-state index contributed by atoms with van der Waals surface area (Å²) in [5, 5.41) is 0.965. The van der Waals surface area contributed by atoms with Crippen molar-refractivity contribution in [2.75, 3.05) is 6.54 Å². The van der Waals surface area contributed by atoms with E-state index in [2.05, 4.69) is 11.9 Å². The molecule has 1 saturated carbocycles. The average molecular weight is 252 g/mol. The van der Waals surface area contributed by atoms with Crippen molar-refractivity contribution in [3.63, 3.8) is 0 Å². The Labute approximate surface area is 106 Å². The quantitative estimate of drug-likeness (QED) is 0.894. The van der Waals surface area contributed by atoms with Gasteiger partial charge in [0.25, 0.3) is 0 Å². The number of nitrogens with zero attached hydrogens (tertiary/aromatic N) is 1. The highest BCUT2D eigenvalue weighted by Crippen LogP contribution is 2.32. The van der Waals surface area contributed by atoms with Crippen molar-refractivity contribution in [3.8, 4) is 0 Å². The molecule has 1 heterocycles. The summed E-state index contributed by atoms with van der Waals surface area (Å²) in [6, 6.07) is 0. The van der Waals surface area contributed by atoms with E-state index in [-0.39, 0.29) is 5.92 Å². The minimum atomic E-state index is 0.185. The van der Waals surface area contributed by atoms with Gasteiger partial charge < -0.3 is 5.73 Å². The average Bonchev–Trinajstić information content (AvgIpc) is 2.86. The predicted octanol–water partition coefficient (Wildman–Crippen LogP) is 2.25. The molecule has 0 bridgehead atoms. The molecule has 1 aliphatic carbocycles. The zero-order valence-electron chi connectivity index (χ0n) is 10.5. The van der Waals surface area contributed by atoms with Gasteiger partial charge in [0.2, 0.25) is 0 Å². The summed E-state index contributed by atoms with van der Waals surface area (Å²) in [5.74, 6) is 0.931. The Balaban J connectivity index is 2.01. The maximum atomic E-state index is 12.2. The second kappa shape index (κ2) is 5.27. The van der Waals surface area contributed by atoms with Crippen LogP contribution in [0.1, 0.15) is 34.8 Å². The van der Waals surface area contributed by atoms with Crippen molar-refractivity contribution in [3.05, 3.63) is 15.6 Å². The third kappa shape index (κ3) is 2.75. The topological polar surface area (TPSA) is 56.0 Å². The van der Waals surface area contributed by atoms with E-state index in [1.54, 1.807) is 11.3 Å². The van der Waals surface area contributed by atoms with Crippen LogP contribution in [0.25, 0.3) is 0 Å². The number of aryl methyl sites for hydroxylation is 2. The molecule has 1 aromatic rings. The number of thiazole rings is 1. The van der Waals surface area contributed by atoms with Crippen LogP contribution in [0.2, 0.25) is 0 Å². The molecule has 0 amide bonds. The summed E-state index contributed by atoms with van der Waals surface area (Å²) in [6.07, 6.45) is 3.78. The Bertz CT molecular complexity index is 394. The normalized spacial score (nSPS) is 24.2. The molecule has 3 nitrogen and oxygen atoms in total. The summed E-state index contributed by atoms with van der Waals surface area (Å²) in [7, 11) is 0. The fraction of sp³-hybridized carbons (Fsp3) is 0.692. The Morgan fingerprint density at radius 1 is 1.47 bits per heavy atom. The molecule has 2 atom stereocenters. The molecule has 0 radical (unpaired) electrons. The van der Waals surface area contributed by atoms with Crippen LogP contribution in [0.5, 0.6) is 0 Å². The standard InChI is InChI=1S/C13H20N2OS/c1-8-9(2)17-13(15-8)6-12(16)11-5-3-4-10(11)7-14/h10-11H,3-7,14H2,1-2H3. The SMILES string of the molecule is Cc1nc(CC(=O)C2CCCC2CN)sc1C. The molecule has 17 heavy (non-hydrogen) atoms. The highest BCUT2D eigenvalue weighted by molar-refractivity contribution is 7.11. The van der Waals surface area contributed by atoms with Crippen LogP contribution in [-0.4, -0.2) is 17.3 Å². The van der Waals surface area contributed by atoms with Crippen molar-refractivity contribution in [1.82, 2.24) is 4.98 Å². The molecule has 2 unspecified atom stereocenters. The molecular weight excluding hydrogens is 232 g/mol. The van der Waals surface area contributed by atoms with Crippen molar-refractivity contribution >= 4 is 17.1 Å². The van der Waals surface area contributed by atoms with Gasteiger partial charge in [-0.05, 0) is 39.2 Å². The molecule has 1 aromatic heterocycles. The van der Waals surface area contributed by atoms with Gasteiger partial charge in [-0.2, -0.15) is 0 Å². The third-order valence-electron chi connectivity index (χ3n) is 3.77. The molecule has 0 aliphatic heterocycles. The Morgan fingerprint density at radius 3 is 2.82 bits per heavy atom. The molecular formula is C13H20N2OS. The summed E-state index contributed by atoms with van der Waals surface area (Å²) in [6.45, 7) is 4.70. The molecule has 94 valence electrons. The number of ketones is 1. The van der Waals surface area contributed by atoms with E-state index >= 15 is 0 Å². The predicted molar refractivity (Wildman–Crippen MR) is 70.2 cm³/mol. The van der Waals surface area contributed by atoms with Crippen molar-refractivity contribution in [2.24, 2.45) is 17.6 Å². The fourth-order valence-electron chi connectivity index (χ4n) is 2.64. The number of carbonyl (C=O) groups excluding carboxylic acids is 1. The number of hydrogen-bond donors (Lipinski definition) is 1. The Morgan fingerprint density at radius 2 is 2.24 bits per heavy atom. The van der Waals surface area contributed by atoms with Crippen LogP contribution in [0.3, 0.4) is 0 Å². The number of rotatable bonds is 4. The summed E-state index contributed by atoms with van der Waals surface area (Å²) < 4.78 is 0. The van der Waals surface area contributed by atoms with E-state index in [1.807, 2.05) is 6.92 Å². The second-order valence-electron chi connectivity index (χ2n) is 4.93. The zero-order valence-corrected chi connectivity index (χ0v) is 11.3. The van der Waals surface area contributed by atoms with E-state index in [0.717, 1.165) is 30.0 Å². The van der Waals surface area contributed by atoms with Gasteiger partial charge in [0.15, 0.2) is 0 Å². The number of hydrogen-bond acceptors (Lipinski definition) is 4. The van der Waals surface area contributed by atoms with Crippen LogP contribution in [0.4, 0.5) is 0 Å². The monoisotopic (exact) mass is 252 g/mol. The number of nitrogens with two attached hydrogens (primary N) is 1. The minimum Gasteiger partial charge on any atom is -0.330 e. The lowest BCUT2D eigenvalue weighted by atomic mass is 9.90. The van der Waals surface area contributed by atoms with E-state index in [4.69, 9.17) is 5.73 Å². The molecule has 0 saturated heterocycles. The van der Waals surface area contributed by atoms with Crippen LogP contribution >= 0.6 is 11.3 Å². The van der Waals surface area contributed by atoms with E-state index in [1.165, 1.54) is 4.88 Å². The van der Waals surface area contributed by atoms with E-state index in [0.29, 0.717) is 24.7 Å². The number of aromatic nitrogens is 1. The molecule has 0 spiro atoms. The van der Waals surface area contributed by atoms with Crippen molar-refractivity contribution in [1.29, 1.82) is 0 Å². The maximum absolute atomic E-state index is 12.2. The van der Waals surface area contributed by atoms with Crippen LogP contribution < -0.4 is 5.73 Å². The summed E-state index contributed by atoms with van der Waals surface area (Å²) in [5.41, 5.74) is 6.77. The number of carbonyl (C=O) groups is 1. The zero-order chi connectivity index (χ0) is 12.4. The highest BCUT2D eigenvalue weighted by Gasteiger charge is 2.31. The van der Waals surface area contributed by atoms with Gasteiger partial charge in [-0.3, -0.25) is 4.79 Å². The first-order valence-electron chi connectivity index (χ1n) is 6.27. The van der Waals surface area contributed by atoms with Crippen molar-refractivity contribution in [2.45, 2.75) is 39.5 Å². The molecule has 1 aliphatic rings. The first-order chi connectivity index (χ1) is 8.11. The summed E-state index contributed by atoms with van der Waals surface area (Å²) >= 11 is 1.65. The van der Waals surface area contributed by atoms with Gasteiger partial charge in [-0.15, -0.1) is 11.3 Å². The van der Waals surface area contributed by atoms with Crippen LogP contribution in [0.15, 0.2) is 0 Å². The van der Waals surface area contributed by atoms with Gasteiger partial charge in [0.1, 0.15) is 10.8 Å². The third-order valence-corrected chi connectivity index (χ3v) is 4.85. The first-order valence-corrected chi connectivity index (χ1v) is 7.09. The Kier molecular flexibility index (Phi) is 3.94. The highest BCUT2D eigenvalue weighted by atomic mass is 32.1. The Hall–Kier alpha value is -0.740. The molecule has 2 rings (SSSR count). The van der Waals surface area contributed by atoms with Gasteiger partial charge in [-0.25, -0.2) is 4.98 Å². The summed E-state index contributed by atoms with van der Waals surface area (Å²) in [4.78, 5) is 17.9. The molecule has 1 fully saturated rings. The molecule has 0 aromatic carbocycles. The van der Waals surface area contributed by atoms with E-state index < -0.39 is 0 Å². The smallest absolute Gasteiger partial charge is 0.143 e. The lowest BCUT2D eigenvalue weighted by Crippen LogP contribution is -2.26. The van der Waals surface area contributed by atoms with Crippen LogP contribution in [-0.2, 0) is 11.2 Å². The van der Waals surface area contributed by atoms with Gasteiger partial charge in [-0.1, -0.05) is 6.42 Å². The van der Waals surface area contributed by atoms with E-state index in [9.17, 15) is 4.79 Å². The lowest BCUT2D eigenvalue weighted by Gasteiger charge is -2.15. The van der Waals surface area contributed by atoms with Crippen molar-refractivity contribution < 1.29 is 4.79 Å². The van der Waals surface area contributed by atoms with Crippen LogP contribution in [0, 0.1) is 25.7 Å². The van der Waals surface area contributed by atoms with Gasteiger partial charge in [0, 0.05) is 10.8 Å². The maximum Gasteiger partial charge on any atom is 0.143 e. The number of Topliss-reactive ketones (excluding diaryl/α,β-unsaturated/α-hetero) is 1. The van der Waals surface area contributed by atoms with Gasteiger partial charge >= 0.3 is 0 Å². The largest absolute Gasteiger partial charge is 0.330 e. The van der Waals surface area contributed by atoms with Gasteiger partial charge in [0.05, 0.1) is 12.1 Å². The molecule has 4 heteroatoms. The first kappa shape index (κ1) is 12.7. The minimum absolute atomic E-state index is 0.185. The molecule has 2 N–H and O–H groups in total. The fourth-order valence-corrected chi connectivity index (χ4v) is 3.58.